The molecule has 1 aromatic carbocycles. The molecule has 2 amide bonds. The van der Waals surface area contributed by atoms with Gasteiger partial charge in [0.25, 0.3) is 17.4 Å². The van der Waals surface area contributed by atoms with Crippen LogP contribution in [0.4, 0.5) is 5.69 Å². The zero-order valence-corrected chi connectivity index (χ0v) is 18.5. The van der Waals surface area contributed by atoms with Gasteiger partial charge in [0.1, 0.15) is 22.7 Å². The number of rotatable bonds is 6. The van der Waals surface area contributed by atoms with Crippen LogP contribution >= 0.6 is 11.6 Å². The minimum atomic E-state index is -0.585. The minimum Gasteiger partial charge on any atom is -0.360 e. The molecule has 0 bridgehead atoms. The topological polar surface area (TPSA) is 97.4 Å². The van der Waals surface area contributed by atoms with Crippen LogP contribution in [0.5, 0.6) is 0 Å². The van der Waals surface area contributed by atoms with Gasteiger partial charge in [-0.3, -0.25) is 14.4 Å². The first kappa shape index (κ1) is 22.3. The zero-order chi connectivity index (χ0) is 22.7. The Bertz CT molecular complexity index is 1190. The summed E-state index contributed by atoms with van der Waals surface area (Å²) >= 11 is 6.25. The summed E-state index contributed by atoms with van der Waals surface area (Å²) in [5.41, 5.74) is 0.802. The Labute approximate surface area is 184 Å². The van der Waals surface area contributed by atoms with Gasteiger partial charge in [-0.25, -0.2) is 0 Å². The monoisotopic (exact) mass is 442 g/mol. The van der Waals surface area contributed by atoms with Gasteiger partial charge in [0, 0.05) is 31.9 Å². The number of benzene rings is 1. The highest BCUT2D eigenvalue weighted by Crippen LogP contribution is 2.31. The predicted octanol–water partition coefficient (Wildman–Crippen LogP) is 3.74. The molecule has 0 aliphatic carbocycles. The Kier molecular flexibility index (Phi) is 6.60. The van der Waals surface area contributed by atoms with E-state index in [2.05, 4.69) is 10.5 Å². The molecular formula is C22H23ClN4O4. The lowest BCUT2D eigenvalue weighted by atomic mass is 10.1. The van der Waals surface area contributed by atoms with E-state index in [1.165, 1.54) is 23.9 Å². The van der Waals surface area contributed by atoms with Gasteiger partial charge < -0.3 is 19.3 Å². The van der Waals surface area contributed by atoms with Gasteiger partial charge in [0.05, 0.1) is 10.6 Å². The van der Waals surface area contributed by atoms with Gasteiger partial charge in [-0.2, -0.15) is 0 Å². The molecular weight excluding hydrogens is 420 g/mol. The number of nitrogens with one attached hydrogen (secondary N) is 1. The highest BCUT2D eigenvalue weighted by atomic mass is 35.5. The smallest absolute Gasteiger partial charge is 0.274 e. The molecule has 0 spiro atoms. The summed E-state index contributed by atoms with van der Waals surface area (Å²) in [5, 5.41) is 6.99. The summed E-state index contributed by atoms with van der Waals surface area (Å²) in [6.45, 7) is 6.40. The highest BCUT2D eigenvalue weighted by molar-refractivity contribution is 6.33. The fourth-order valence-electron chi connectivity index (χ4n) is 3.27. The molecule has 0 aliphatic heterocycles. The second kappa shape index (κ2) is 9.18. The summed E-state index contributed by atoms with van der Waals surface area (Å²) in [6.07, 6.45) is 1.46. The van der Waals surface area contributed by atoms with Crippen LogP contribution in [-0.2, 0) is 7.05 Å². The predicted molar refractivity (Wildman–Crippen MR) is 119 cm³/mol. The SMILES string of the molecule is CCN(CC)C(=O)c1cc(NC(=O)c2c(-c3ccccc3Cl)noc2C)c(=O)n(C)c1. The van der Waals surface area contributed by atoms with E-state index in [1.807, 2.05) is 13.8 Å². The molecule has 0 radical (unpaired) electrons. The number of aromatic nitrogens is 2. The molecule has 2 aromatic heterocycles. The molecule has 0 fully saturated rings. The van der Waals surface area contributed by atoms with Gasteiger partial charge in [0.2, 0.25) is 0 Å². The van der Waals surface area contributed by atoms with Crippen LogP contribution in [0.3, 0.4) is 0 Å². The summed E-state index contributed by atoms with van der Waals surface area (Å²) in [4.78, 5) is 40.1. The number of hydrogen-bond acceptors (Lipinski definition) is 5. The molecule has 0 saturated heterocycles. The summed E-state index contributed by atoms with van der Waals surface area (Å²) < 4.78 is 6.49. The van der Waals surface area contributed by atoms with Crippen molar-refractivity contribution in [2.45, 2.75) is 20.8 Å². The van der Waals surface area contributed by atoms with Crippen molar-refractivity contribution in [1.82, 2.24) is 14.6 Å². The molecule has 0 atom stereocenters. The normalized spacial score (nSPS) is 10.7. The number of amides is 2. The van der Waals surface area contributed by atoms with Gasteiger partial charge in [-0.05, 0) is 32.9 Å². The molecule has 0 aliphatic rings. The average molecular weight is 443 g/mol. The first-order valence-electron chi connectivity index (χ1n) is 9.80. The number of carbonyl (C=O) groups is 2. The fourth-order valence-corrected chi connectivity index (χ4v) is 3.50. The van der Waals surface area contributed by atoms with E-state index >= 15 is 0 Å². The van der Waals surface area contributed by atoms with E-state index in [9.17, 15) is 14.4 Å². The molecule has 1 N–H and O–H groups in total. The van der Waals surface area contributed by atoms with Crippen molar-refractivity contribution in [1.29, 1.82) is 0 Å². The maximum absolute atomic E-state index is 13.1. The number of nitrogens with zero attached hydrogens (tertiary/aromatic N) is 3. The van der Waals surface area contributed by atoms with Crippen LogP contribution in [0.1, 0.15) is 40.3 Å². The molecule has 8 nitrogen and oxygen atoms in total. The van der Waals surface area contributed by atoms with Crippen LogP contribution < -0.4 is 10.9 Å². The van der Waals surface area contributed by atoms with Crippen molar-refractivity contribution in [3.63, 3.8) is 0 Å². The Morgan fingerprint density at radius 3 is 2.55 bits per heavy atom. The average Bonchev–Trinajstić information content (AvgIpc) is 3.13. The van der Waals surface area contributed by atoms with E-state index in [4.69, 9.17) is 16.1 Å². The van der Waals surface area contributed by atoms with E-state index in [0.29, 0.717) is 29.2 Å². The maximum Gasteiger partial charge on any atom is 0.274 e. The first-order chi connectivity index (χ1) is 14.8. The molecule has 0 unspecified atom stereocenters. The number of anilines is 1. The Hall–Kier alpha value is -3.39. The molecule has 0 saturated carbocycles. The van der Waals surface area contributed by atoms with Crippen LogP contribution in [0.15, 0.2) is 45.8 Å². The van der Waals surface area contributed by atoms with Crippen LogP contribution in [0, 0.1) is 6.92 Å². The molecule has 3 aromatic rings. The van der Waals surface area contributed by atoms with E-state index in [-0.39, 0.29) is 28.6 Å². The Morgan fingerprint density at radius 1 is 1.23 bits per heavy atom. The number of carbonyl (C=O) groups excluding carboxylic acids is 2. The quantitative estimate of drug-likeness (QED) is 0.627. The largest absolute Gasteiger partial charge is 0.360 e. The standard InChI is InChI=1S/C22H23ClN4O4/c1-5-27(6-2)21(29)14-11-17(22(30)26(4)12-14)24-20(28)18-13(3)31-25-19(18)15-9-7-8-10-16(15)23/h7-12H,5-6H2,1-4H3,(H,24,28). The third-order valence-electron chi connectivity index (χ3n) is 4.95. The lowest BCUT2D eigenvalue weighted by molar-refractivity contribution is 0.0771. The molecule has 31 heavy (non-hydrogen) atoms. The number of hydrogen-bond donors (Lipinski definition) is 1. The summed E-state index contributed by atoms with van der Waals surface area (Å²) in [5.74, 6) is -0.535. The first-order valence-corrected chi connectivity index (χ1v) is 10.2. The van der Waals surface area contributed by atoms with E-state index in [1.54, 1.807) is 36.1 Å². The van der Waals surface area contributed by atoms with Gasteiger partial charge in [0.15, 0.2) is 0 Å². The second-order valence-electron chi connectivity index (χ2n) is 6.93. The Balaban J connectivity index is 2.00. The molecule has 9 heteroatoms. The van der Waals surface area contributed by atoms with Crippen molar-refractivity contribution >= 4 is 29.1 Å². The van der Waals surface area contributed by atoms with Gasteiger partial charge in [-0.1, -0.05) is 35.0 Å². The van der Waals surface area contributed by atoms with Crippen molar-refractivity contribution in [3.05, 3.63) is 68.8 Å². The van der Waals surface area contributed by atoms with Crippen LogP contribution in [-0.4, -0.2) is 39.5 Å². The van der Waals surface area contributed by atoms with E-state index in [0.717, 1.165) is 0 Å². The molecule has 3 rings (SSSR count). The number of halogens is 1. The zero-order valence-electron chi connectivity index (χ0n) is 17.7. The summed E-state index contributed by atoms with van der Waals surface area (Å²) in [6, 6.07) is 8.32. The van der Waals surface area contributed by atoms with E-state index < -0.39 is 11.5 Å². The number of pyridine rings is 1. The van der Waals surface area contributed by atoms with Crippen molar-refractivity contribution in [2.75, 3.05) is 18.4 Å². The minimum absolute atomic E-state index is 0.0174. The van der Waals surface area contributed by atoms with Crippen molar-refractivity contribution in [3.8, 4) is 11.3 Å². The van der Waals surface area contributed by atoms with Crippen molar-refractivity contribution in [2.24, 2.45) is 7.05 Å². The van der Waals surface area contributed by atoms with Crippen LogP contribution in [0.25, 0.3) is 11.3 Å². The molecule has 2 heterocycles. The third kappa shape index (κ3) is 4.39. The lowest BCUT2D eigenvalue weighted by Crippen LogP contribution is -2.32. The fraction of sp³-hybridized carbons (Fsp3) is 0.273. The lowest BCUT2D eigenvalue weighted by Gasteiger charge is -2.19. The van der Waals surface area contributed by atoms with Gasteiger partial charge >= 0.3 is 0 Å². The Morgan fingerprint density at radius 2 is 1.90 bits per heavy atom. The van der Waals surface area contributed by atoms with Crippen molar-refractivity contribution < 1.29 is 14.1 Å². The highest BCUT2D eigenvalue weighted by Gasteiger charge is 2.24. The number of aryl methyl sites for hydroxylation is 2. The van der Waals surface area contributed by atoms with Gasteiger partial charge in [-0.15, -0.1) is 0 Å². The molecule has 162 valence electrons. The summed E-state index contributed by atoms with van der Waals surface area (Å²) in [7, 11) is 1.52. The third-order valence-corrected chi connectivity index (χ3v) is 5.28. The maximum atomic E-state index is 13.1. The van der Waals surface area contributed by atoms with Crippen LogP contribution in [0.2, 0.25) is 5.02 Å². The second-order valence-corrected chi connectivity index (χ2v) is 7.34.